The predicted octanol–water partition coefficient (Wildman–Crippen LogP) is 2.12. The monoisotopic (exact) mass is 322 g/mol. The molecular weight excluding hydrogens is 300 g/mol. The van der Waals surface area contributed by atoms with Gasteiger partial charge in [-0.05, 0) is 31.0 Å². The molecule has 0 aliphatic carbocycles. The number of benzene rings is 1. The molecule has 0 bridgehead atoms. The molecule has 1 fully saturated rings. The van der Waals surface area contributed by atoms with Crippen molar-refractivity contribution in [3.8, 4) is 0 Å². The van der Waals surface area contributed by atoms with Gasteiger partial charge in [0.2, 0.25) is 0 Å². The fourth-order valence-electron chi connectivity index (χ4n) is 3.37. The minimum Gasteiger partial charge on any atom is -0.350 e. The second kappa shape index (κ2) is 6.02. The molecule has 0 unspecified atom stereocenters. The summed E-state index contributed by atoms with van der Waals surface area (Å²) in [7, 11) is -0.133. The lowest BCUT2D eigenvalue weighted by Crippen LogP contribution is -2.35. The molecule has 1 aliphatic rings. The number of fused-ring (bicyclic) bond motifs is 1. The Bertz CT molecular complexity index is 767. The number of para-hydroxylation sites is 1. The van der Waals surface area contributed by atoms with Crippen LogP contribution in [0.4, 0.5) is 0 Å². The smallest absolute Gasteiger partial charge is 0.268 e. The Balaban J connectivity index is 1.82. The first-order valence-electron chi connectivity index (χ1n) is 7.55. The lowest BCUT2D eigenvalue weighted by Gasteiger charge is -2.23. The molecule has 1 aromatic carbocycles. The van der Waals surface area contributed by atoms with Crippen LogP contribution in [0.5, 0.6) is 0 Å². The number of hydrogen-bond donors (Lipinski definition) is 0. The molecular formula is C16H22N2O3S. The van der Waals surface area contributed by atoms with E-state index in [1.165, 1.54) is 23.6 Å². The van der Waals surface area contributed by atoms with Crippen LogP contribution in [0.3, 0.4) is 0 Å². The van der Waals surface area contributed by atoms with Gasteiger partial charge >= 0.3 is 0 Å². The fraction of sp³-hybridized carbons (Fsp3) is 0.500. The highest BCUT2D eigenvalue weighted by Gasteiger charge is 2.29. The Morgan fingerprint density at radius 1 is 1.32 bits per heavy atom. The molecule has 2 heterocycles. The molecule has 1 aliphatic heterocycles. The Labute approximate surface area is 131 Å². The summed E-state index contributed by atoms with van der Waals surface area (Å²) in [5.74, 6) is 0.0776. The zero-order chi connectivity index (χ0) is 15.7. The maximum atomic E-state index is 11.7. The van der Waals surface area contributed by atoms with Crippen molar-refractivity contribution in [1.82, 2.24) is 9.47 Å². The summed E-state index contributed by atoms with van der Waals surface area (Å²) in [5, 5.41) is 1.24. The average Bonchev–Trinajstić information content (AvgIpc) is 3.05. The maximum Gasteiger partial charge on any atom is 0.268 e. The summed E-state index contributed by atoms with van der Waals surface area (Å²) in [6.45, 7) is 1.72. The van der Waals surface area contributed by atoms with Gasteiger partial charge in [0.05, 0.1) is 12.9 Å². The molecule has 0 radical (unpaired) electrons. The van der Waals surface area contributed by atoms with Crippen LogP contribution in [-0.2, 0) is 27.9 Å². The summed E-state index contributed by atoms with van der Waals surface area (Å²) < 4.78 is 30.2. The summed E-state index contributed by atoms with van der Waals surface area (Å²) in [6.07, 6.45) is 4.09. The highest BCUT2D eigenvalue weighted by molar-refractivity contribution is 7.86. The maximum absolute atomic E-state index is 11.7. The molecule has 0 saturated carbocycles. The Morgan fingerprint density at radius 3 is 2.86 bits per heavy atom. The van der Waals surface area contributed by atoms with E-state index < -0.39 is 10.1 Å². The van der Waals surface area contributed by atoms with Crippen molar-refractivity contribution in [2.45, 2.75) is 25.4 Å². The Kier molecular flexibility index (Phi) is 4.25. The molecule has 0 spiro atoms. The van der Waals surface area contributed by atoms with Crippen molar-refractivity contribution in [2.24, 2.45) is 7.05 Å². The van der Waals surface area contributed by atoms with Crippen molar-refractivity contribution < 1.29 is 12.6 Å². The molecule has 0 N–H and O–H groups in total. The van der Waals surface area contributed by atoms with Crippen molar-refractivity contribution in [2.75, 3.05) is 19.4 Å². The molecule has 6 heteroatoms. The molecule has 1 atom stereocenters. The molecule has 1 aromatic heterocycles. The minimum atomic E-state index is -3.41. The number of likely N-dealkylation sites (tertiary alicyclic amines) is 1. The zero-order valence-electron chi connectivity index (χ0n) is 13.0. The van der Waals surface area contributed by atoms with Gasteiger partial charge in [-0.25, -0.2) is 0 Å². The van der Waals surface area contributed by atoms with Crippen LogP contribution in [0.25, 0.3) is 10.9 Å². The summed E-state index contributed by atoms with van der Waals surface area (Å²) in [4.78, 5) is 2.26. The van der Waals surface area contributed by atoms with Crippen LogP contribution in [0.2, 0.25) is 0 Å². The standard InChI is InChI=1S/C16H22N2O3S/c1-17-10-13(15-7-3-4-8-16(15)17)11-18-9-5-6-14(18)12-22(19,20)21-2/h3-4,7-8,10,14H,5-6,9,11-12H2,1-2H3/t14-/m0/s1. The summed E-state index contributed by atoms with van der Waals surface area (Å²) >= 11 is 0. The van der Waals surface area contributed by atoms with Crippen molar-refractivity contribution in [1.29, 1.82) is 0 Å². The number of rotatable bonds is 5. The van der Waals surface area contributed by atoms with Crippen molar-refractivity contribution in [3.63, 3.8) is 0 Å². The van der Waals surface area contributed by atoms with E-state index in [-0.39, 0.29) is 11.8 Å². The van der Waals surface area contributed by atoms with E-state index in [0.717, 1.165) is 25.9 Å². The molecule has 1 saturated heterocycles. The number of aryl methyl sites for hydroxylation is 1. The second-order valence-corrected chi connectivity index (χ2v) is 7.72. The first-order valence-corrected chi connectivity index (χ1v) is 9.13. The number of aromatic nitrogens is 1. The van der Waals surface area contributed by atoms with Crippen LogP contribution in [0.15, 0.2) is 30.5 Å². The molecule has 120 valence electrons. The quantitative estimate of drug-likeness (QED) is 0.791. The average molecular weight is 322 g/mol. The van der Waals surface area contributed by atoms with E-state index in [2.05, 4.69) is 32.0 Å². The van der Waals surface area contributed by atoms with E-state index in [1.54, 1.807) is 0 Å². The van der Waals surface area contributed by atoms with E-state index in [0.29, 0.717) is 0 Å². The van der Waals surface area contributed by atoms with E-state index in [9.17, 15) is 8.42 Å². The molecule has 22 heavy (non-hydrogen) atoms. The summed E-state index contributed by atoms with van der Waals surface area (Å²) in [5.41, 5.74) is 2.46. The first-order chi connectivity index (χ1) is 10.5. The van der Waals surface area contributed by atoms with Gasteiger partial charge in [0, 0.05) is 36.7 Å². The third kappa shape index (κ3) is 3.04. The predicted molar refractivity (Wildman–Crippen MR) is 87.1 cm³/mol. The van der Waals surface area contributed by atoms with Gasteiger partial charge in [0.1, 0.15) is 0 Å². The normalized spacial score (nSPS) is 20.0. The van der Waals surface area contributed by atoms with Gasteiger partial charge in [-0.1, -0.05) is 18.2 Å². The molecule has 5 nitrogen and oxygen atoms in total. The van der Waals surface area contributed by atoms with Crippen LogP contribution >= 0.6 is 0 Å². The lowest BCUT2D eigenvalue weighted by molar-refractivity contribution is 0.257. The molecule has 2 aromatic rings. The van der Waals surface area contributed by atoms with Gasteiger partial charge in [-0.2, -0.15) is 8.42 Å². The van der Waals surface area contributed by atoms with Crippen molar-refractivity contribution >= 4 is 21.0 Å². The van der Waals surface area contributed by atoms with Crippen LogP contribution in [0, 0.1) is 0 Å². The molecule has 0 amide bonds. The minimum absolute atomic E-state index is 0.0453. The highest BCUT2D eigenvalue weighted by atomic mass is 32.2. The highest BCUT2D eigenvalue weighted by Crippen LogP contribution is 2.26. The number of hydrogen-bond acceptors (Lipinski definition) is 4. The van der Waals surface area contributed by atoms with Crippen LogP contribution in [-0.4, -0.2) is 43.3 Å². The third-order valence-corrected chi connectivity index (χ3v) is 5.80. The van der Waals surface area contributed by atoms with Gasteiger partial charge in [-0.3, -0.25) is 9.08 Å². The fourth-order valence-corrected chi connectivity index (χ4v) is 4.35. The Hall–Kier alpha value is -1.37. The summed E-state index contributed by atoms with van der Waals surface area (Å²) in [6, 6.07) is 8.36. The second-order valence-electron chi connectivity index (χ2n) is 5.94. The van der Waals surface area contributed by atoms with Gasteiger partial charge in [0.25, 0.3) is 10.1 Å². The first kappa shape index (κ1) is 15.5. The number of nitrogens with zero attached hydrogens (tertiary/aromatic N) is 2. The van der Waals surface area contributed by atoms with Crippen molar-refractivity contribution in [3.05, 3.63) is 36.0 Å². The van der Waals surface area contributed by atoms with Gasteiger partial charge in [-0.15, -0.1) is 0 Å². The van der Waals surface area contributed by atoms with E-state index in [4.69, 9.17) is 0 Å². The van der Waals surface area contributed by atoms with Crippen LogP contribution in [0.1, 0.15) is 18.4 Å². The Morgan fingerprint density at radius 2 is 2.09 bits per heavy atom. The SMILES string of the molecule is COS(=O)(=O)C[C@@H]1CCCN1Cc1cn(C)c2ccccc12. The topological polar surface area (TPSA) is 51.5 Å². The van der Waals surface area contributed by atoms with E-state index in [1.807, 2.05) is 19.2 Å². The van der Waals surface area contributed by atoms with Crippen LogP contribution < -0.4 is 0 Å². The largest absolute Gasteiger partial charge is 0.350 e. The van der Waals surface area contributed by atoms with Gasteiger partial charge in [0.15, 0.2) is 0 Å². The zero-order valence-corrected chi connectivity index (χ0v) is 13.8. The third-order valence-electron chi connectivity index (χ3n) is 4.50. The molecule has 3 rings (SSSR count). The van der Waals surface area contributed by atoms with Gasteiger partial charge < -0.3 is 4.57 Å². The lowest BCUT2D eigenvalue weighted by atomic mass is 10.1. The van der Waals surface area contributed by atoms with E-state index >= 15 is 0 Å².